The first kappa shape index (κ1) is 15.3. The highest BCUT2D eigenvalue weighted by Crippen LogP contribution is 2.33. The minimum absolute atomic E-state index is 0.737. The summed E-state index contributed by atoms with van der Waals surface area (Å²) in [6.07, 6.45) is 0.990. The monoisotopic (exact) mass is 429 g/mol. The molecule has 3 rings (SSSR count). The van der Waals surface area contributed by atoms with Crippen LogP contribution in [0.1, 0.15) is 16.7 Å². The first-order chi connectivity index (χ1) is 10.1. The van der Waals surface area contributed by atoms with Gasteiger partial charge in [-0.25, -0.2) is 0 Å². The van der Waals surface area contributed by atoms with Crippen molar-refractivity contribution in [3.05, 3.63) is 61.0 Å². The average molecular weight is 432 g/mol. The molecule has 1 aliphatic rings. The van der Waals surface area contributed by atoms with Gasteiger partial charge in [-0.1, -0.05) is 33.6 Å². The van der Waals surface area contributed by atoms with E-state index in [2.05, 4.69) is 55.4 Å². The summed E-state index contributed by atoms with van der Waals surface area (Å²) in [7, 11) is 0. The van der Waals surface area contributed by atoms with Gasteiger partial charge in [-0.05, 0) is 51.3 Å². The van der Waals surface area contributed by atoms with Crippen molar-refractivity contribution < 1.29 is 4.74 Å². The quantitative estimate of drug-likeness (QED) is 0.728. The molecule has 0 aliphatic carbocycles. The first-order valence-corrected chi connectivity index (χ1v) is 8.68. The fraction of sp³-hybridized carbons (Fsp3) is 0.250. The van der Waals surface area contributed by atoms with Crippen LogP contribution in [-0.2, 0) is 19.5 Å². The molecule has 110 valence electrons. The van der Waals surface area contributed by atoms with Gasteiger partial charge in [0.15, 0.2) is 0 Å². The molecule has 0 fully saturated rings. The molecule has 0 saturated carbocycles. The Labute approximate surface area is 146 Å². The summed E-state index contributed by atoms with van der Waals surface area (Å²) in [6.45, 7) is 2.32. The third-order valence-electron chi connectivity index (χ3n) is 3.45. The van der Waals surface area contributed by atoms with Crippen molar-refractivity contribution in [2.75, 3.05) is 6.61 Å². The van der Waals surface area contributed by atoms with E-state index in [-0.39, 0.29) is 0 Å². The lowest BCUT2D eigenvalue weighted by atomic mass is 10.1. The second-order valence-electron chi connectivity index (χ2n) is 5.00. The van der Waals surface area contributed by atoms with Crippen LogP contribution in [0, 0.1) is 0 Å². The summed E-state index contributed by atoms with van der Waals surface area (Å²) in [6, 6.07) is 10.3. The van der Waals surface area contributed by atoms with E-state index in [1.165, 1.54) is 11.1 Å². The van der Waals surface area contributed by atoms with Crippen LogP contribution >= 0.6 is 43.5 Å². The Bertz CT molecular complexity index is 676. The molecule has 1 aliphatic heterocycles. The van der Waals surface area contributed by atoms with E-state index in [9.17, 15) is 0 Å². The van der Waals surface area contributed by atoms with Gasteiger partial charge >= 0.3 is 0 Å². The summed E-state index contributed by atoms with van der Waals surface area (Å²) in [4.78, 5) is 0. The molecule has 1 heterocycles. The van der Waals surface area contributed by atoms with Crippen molar-refractivity contribution in [3.8, 4) is 5.75 Å². The van der Waals surface area contributed by atoms with Gasteiger partial charge < -0.3 is 10.1 Å². The fourth-order valence-electron chi connectivity index (χ4n) is 2.47. The van der Waals surface area contributed by atoms with Crippen molar-refractivity contribution in [2.45, 2.75) is 19.5 Å². The molecule has 0 spiro atoms. The van der Waals surface area contributed by atoms with E-state index >= 15 is 0 Å². The Balaban J connectivity index is 1.67. The number of nitrogens with one attached hydrogen (secondary N) is 1. The number of hydrogen-bond acceptors (Lipinski definition) is 2. The van der Waals surface area contributed by atoms with Gasteiger partial charge in [-0.15, -0.1) is 0 Å². The molecule has 5 heteroatoms. The molecule has 2 nitrogen and oxygen atoms in total. The van der Waals surface area contributed by atoms with Crippen molar-refractivity contribution >= 4 is 43.5 Å². The lowest BCUT2D eigenvalue weighted by Gasteiger charge is -2.11. The Hall–Kier alpha value is -0.550. The van der Waals surface area contributed by atoms with Gasteiger partial charge in [0.05, 0.1) is 11.6 Å². The van der Waals surface area contributed by atoms with Crippen molar-refractivity contribution in [3.63, 3.8) is 0 Å². The van der Waals surface area contributed by atoms with Gasteiger partial charge in [0, 0.05) is 34.0 Å². The second-order valence-corrected chi connectivity index (χ2v) is 7.18. The molecule has 0 saturated heterocycles. The summed E-state index contributed by atoms with van der Waals surface area (Å²) < 4.78 is 7.76. The Kier molecular flexibility index (Phi) is 4.89. The number of halogens is 3. The summed E-state index contributed by atoms with van der Waals surface area (Å²) in [5, 5.41) is 4.18. The molecular weight excluding hydrogens is 417 g/mol. The van der Waals surface area contributed by atoms with Gasteiger partial charge in [-0.3, -0.25) is 0 Å². The smallest absolute Gasteiger partial charge is 0.127 e. The van der Waals surface area contributed by atoms with Crippen molar-refractivity contribution in [1.29, 1.82) is 0 Å². The molecular formula is C16H14Br2ClNO. The van der Waals surface area contributed by atoms with Gasteiger partial charge in [0.1, 0.15) is 5.75 Å². The van der Waals surface area contributed by atoms with Crippen LogP contribution < -0.4 is 10.1 Å². The Morgan fingerprint density at radius 3 is 2.81 bits per heavy atom. The largest absolute Gasteiger partial charge is 0.493 e. The molecule has 1 N–H and O–H groups in total. The first-order valence-electron chi connectivity index (χ1n) is 6.72. The van der Waals surface area contributed by atoms with Crippen LogP contribution in [0.15, 0.2) is 39.3 Å². The van der Waals surface area contributed by atoms with E-state index in [0.717, 1.165) is 51.4 Å². The predicted molar refractivity (Wildman–Crippen MR) is 93.0 cm³/mol. The van der Waals surface area contributed by atoms with E-state index in [0.29, 0.717) is 0 Å². The molecule has 0 aromatic heterocycles. The molecule has 2 aromatic carbocycles. The number of hydrogen-bond donors (Lipinski definition) is 1. The minimum Gasteiger partial charge on any atom is -0.493 e. The molecule has 0 bridgehead atoms. The highest BCUT2D eigenvalue weighted by Gasteiger charge is 2.17. The SMILES string of the molecule is Clc1cc(CNCc2cc(Br)cc3c2OCC3)ccc1Br. The normalized spacial score (nSPS) is 13.1. The third kappa shape index (κ3) is 3.62. The Morgan fingerprint density at radius 1 is 1.14 bits per heavy atom. The van der Waals surface area contributed by atoms with E-state index in [1.54, 1.807) is 0 Å². The zero-order chi connectivity index (χ0) is 14.8. The summed E-state index contributed by atoms with van der Waals surface area (Å²) in [5.74, 6) is 1.04. The third-order valence-corrected chi connectivity index (χ3v) is 5.14. The van der Waals surface area contributed by atoms with Crippen LogP contribution in [0.5, 0.6) is 5.75 Å². The molecule has 0 radical (unpaired) electrons. The maximum Gasteiger partial charge on any atom is 0.127 e. The Morgan fingerprint density at radius 2 is 2.00 bits per heavy atom. The molecule has 0 amide bonds. The van der Waals surface area contributed by atoms with Gasteiger partial charge in [-0.2, -0.15) is 0 Å². The second kappa shape index (κ2) is 6.69. The topological polar surface area (TPSA) is 21.3 Å². The predicted octanol–water partition coefficient (Wildman–Crippen LogP) is 5.09. The maximum atomic E-state index is 6.11. The van der Waals surface area contributed by atoms with Crippen molar-refractivity contribution in [2.24, 2.45) is 0 Å². The van der Waals surface area contributed by atoms with Crippen LogP contribution in [0.25, 0.3) is 0 Å². The zero-order valence-corrected chi connectivity index (χ0v) is 15.2. The van der Waals surface area contributed by atoms with Crippen molar-refractivity contribution in [1.82, 2.24) is 5.32 Å². The zero-order valence-electron chi connectivity index (χ0n) is 11.3. The number of benzene rings is 2. The molecule has 21 heavy (non-hydrogen) atoms. The number of ether oxygens (including phenoxy) is 1. The maximum absolute atomic E-state index is 6.11. The summed E-state index contributed by atoms with van der Waals surface area (Å²) >= 11 is 13.1. The number of fused-ring (bicyclic) bond motifs is 1. The fourth-order valence-corrected chi connectivity index (χ4v) is 3.47. The number of rotatable bonds is 4. The standard InChI is InChI=1S/C16H14Br2ClNO/c17-13-6-11-3-4-21-16(11)12(7-13)9-20-8-10-1-2-14(18)15(19)5-10/h1-2,5-7,20H,3-4,8-9H2. The van der Waals surface area contributed by atoms with Gasteiger partial charge in [0.25, 0.3) is 0 Å². The summed E-state index contributed by atoms with van der Waals surface area (Å²) in [5.41, 5.74) is 3.64. The average Bonchev–Trinajstić information content (AvgIpc) is 2.91. The lowest BCUT2D eigenvalue weighted by molar-refractivity contribution is 0.352. The lowest BCUT2D eigenvalue weighted by Crippen LogP contribution is -2.13. The van der Waals surface area contributed by atoms with Gasteiger partial charge in [0.2, 0.25) is 0 Å². The van der Waals surface area contributed by atoms with Crippen LogP contribution in [0.4, 0.5) is 0 Å². The molecule has 0 unspecified atom stereocenters. The van der Waals surface area contributed by atoms with Crippen LogP contribution in [-0.4, -0.2) is 6.61 Å². The highest BCUT2D eigenvalue weighted by atomic mass is 79.9. The van der Waals surface area contributed by atoms with E-state index < -0.39 is 0 Å². The van der Waals surface area contributed by atoms with Crippen LogP contribution in [0.3, 0.4) is 0 Å². The highest BCUT2D eigenvalue weighted by molar-refractivity contribution is 9.10. The van der Waals surface area contributed by atoms with Crippen LogP contribution in [0.2, 0.25) is 5.02 Å². The molecule has 2 aromatic rings. The van der Waals surface area contributed by atoms with E-state index in [4.69, 9.17) is 16.3 Å². The van der Waals surface area contributed by atoms with E-state index in [1.807, 2.05) is 12.1 Å². The molecule has 0 atom stereocenters. The minimum atomic E-state index is 0.737.